The summed E-state index contributed by atoms with van der Waals surface area (Å²) in [7, 11) is 2.73. The Morgan fingerprint density at radius 1 is 0.500 bits per heavy atom. The van der Waals surface area contributed by atoms with E-state index in [0.717, 1.165) is 49.4 Å². The molecule has 0 spiro atoms. The smallest absolute Gasteiger partial charge is 0.373 e. The Kier molecular flexibility index (Phi) is 22.0. The van der Waals surface area contributed by atoms with Crippen molar-refractivity contribution in [3.8, 4) is 45.3 Å². The Hall–Kier alpha value is -5.26. The van der Waals surface area contributed by atoms with Crippen molar-refractivity contribution in [1.82, 2.24) is 0 Å². The first-order valence-corrected chi connectivity index (χ1v) is 19.6. The Balaban J connectivity index is 0.000000512. The largest absolute Gasteiger partial charge is 0.490 e. The summed E-state index contributed by atoms with van der Waals surface area (Å²) in [6, 6.07) is 19.0. The second-order valence-corrected chi connectivity index (χ2v) is 15.2. The minimum absolute atomic E-state index is 0.0217. The van der Waals surface area contributed by atoms with Gasteiger partial charge in [-0.2, -0.15) is 19.2 Å². The molecule has 14 heteroatoms. The van der Waals surface area contributed by atoms with E-state index in [2.05, 4.69) is 31.9 Å². The van der Waals surface area contributed by atoms with E-state index in [-0.39, 0.29) is 42.7 Å². The second kappa shape index (κ2) is 25.2. The van der Waals surface area contributed by atoms with Crippen molar-refractivity contribution < 1.29 is 57.2 Å². The van der Waals surface area contributed by atoms with Gasteiger partial charge >= 0.3 is 24.2 Å². The molecule has 4 rings (SSSR count). The number of methoxy groups -OCH3 is 2. The monoisotopic (exact) mass is 928 g/mol. The number of hydrogen-bond acceptors (Lipinski definition) is 12. The first-order chi connectivity index (χ1) is 27.3. The fraction of sp³-hybridized carbons (Fsp3) is 0.364. The quantitative estimate of drug-likeness (QED) is 0.124. The van der Waals surface area contributed by atoms with E-state index in [1.165, 1.54) is 14.2 Å². The number of benzene rings is 4. The predicted octanol–water partition coefficient (Wildman–Crippen LogP) is 10.4. The average molecular weight is 931 g/mol. The van der Waals surface area contributed by atoms with E-state index in [1.807, 2.05) is 112 Å². The van der Waals surface area contributed by atoms with Crippen molar-refractivity contribution in [3.63, 3.8) is 0 Å². The van der Waals surface area contributed by atoms with E-state index in [1.54, 1.807) is 18.2 Å². The summed E-state index contributed by atoms with van der Waals surface area (Å²) in [5, 5.41) is 0. The molecule has 312 valence electrons. The van der Waals surface area contributed by atoms with E-state index in [0.29, 0.717) is 27.1 Å². The zero-order valence-electron chi connectivity index (χ0n) is 34.7. The van der Waals surface area contributed by atoms with Gasteiger partial charge < -0.3 is 28.4 Å². The van der Waals surface area contributed by atoms with Gasteiger partial charge in [0.15, 0.2) is 0 Å². The van der Waals surface area contributed by atoms with Gasteiger partial charge in [-0.15, -0.1) is 0 Å². The lowest BCUT2D eigenvalue weighted by molar-refractivity contribution is -0.193. The molecule has 4 aromatic rings. The highest BCUT2D eigenvalue weighted by molar-refractivity contribution is 9.10. The normalized spacial score (nSPS) is 10.1. The summed E-state index contributed by atoms with van der Waals surface area (Å²) in [5.41, 5.74) is 6.61. The third kappa shape index (κ3) is 15.9. The highest BCUT2D eigenvalue weighted by Crippen LogP contribution is 2.43. The molecule has 0 bridgehead atoms. The van der Waals surface area contributed by atoms with Gasteiger partial charge in [0.25, 0.3) is 0 Å². The molecule has 58 heavy (non-hydrogen) atoms. The molecule has 0 amide bonds. The van der Waals surface area contributed by atoms with Crippen LogP contribution in [0.1, 0.15) is 87.2 Å². The molecule has 0 saturated heterocycles. The van der Waals surface area contributed by atoms with Crippen LogP contribution < -0.4 is 18.9 Å². The lowest BCUT2D eigenvalue weighted by Gasteiger charge is -2.20. The van der Waals surface area contributed by atoms with Crippen molar-refractivity contribution in [2.24, 2.45) is 0 Å². The minimum Gasteiger partial charge on any atom is -0.490 e. The first-order valence-electron chi connectivity index (χ1n) is 18.0. The molecular weight excluding hydrogens is 880 g/mol. The Labute approximate surface area is 356 Å². The first kappa shape index (κ1) is 50.8. The van der Waals surface area contributed by atoms with Crippen LogP contribution in [0.5, 0.6) is 23.0 Å². The SMILES string of the molecule is COC(=O)c1cc(OC(C)C)c(-c2cc(Br)c(C)cc2OC(C)C)cc1Br.COC(=O)c1ccc(-c2ccc(C)cc2OC(C)C)c(OC(C)C)c1.O=C=O.O=C=O. The van der Waals surface area contributed by atoms with Gasteiger partial charge in [-0.3, -0.25) is 0 Å². The molecule has 0 saturated carbocycles. The van der Waals surface area contributed by atoms with Crippen molar-refractivity contribution >= 4 is 56.1 Å². The zero-order chi connectivity index (χ0) is 44.3. The third-order valence-electron chi connectivity index (χ3n) is 7.31. The van der Waals surface area contributed by atoms with Gasteiger partial charge in [0.1, 0.15) is 23.0 Å². The Bertz CT molecular complexity index is 2050. The van der Waals surface area contributed by atoms with Crippen molar-refractivity contribution in [2.45, 2.75) is 93.7 Å². The van der Waals surface area contributed by atoms with Crippen LogP contribution in [-0.2, 0) is 28.7 Å². The summed E-state index contributed by atoms with van der Waals surface area (Å²) in [6.45, 7) is 19.8. The summed E-state index contributed by atoms with van der Waals surface area (Å²) < 4.78 is 35.3. The lowest BCUT2D eigenvalue weighted by Crippen LogP contribution is -2.10. The molecule has 0 aromatic heterocycles. The number of carbonyl (C=O) groups is 2. The van der Waals surface area contributed by atoms with Gasteiger partial charge in [0, 0.05) is 31.2 Å². The third-order valence-corrected chi connectivity index (χ3v) is 8.82. The number of aryl methyl sites for hydroxylation is 2. The van der Waals surface area contributed by atoms with Crippen LogP contribution in [-0.4, -0.2) is 62.9 Å². The van der Waals surface area contributed by atoms with Crippen LogP contribution in [0.4, 0.5) is 0 Å². The number of carbonyl (C=O) groups excluding carboxylic acids is 6. The summed E-state index contributed by atoms with van der Waals surface area (Å²) in [5.74, 6) is 1.98. The number of rotatable bonds is 12. The summed E-state index contributed by atoms with van der Waals surface area (Å²) in [6.07, 6.45) is 0.506. The van der Waals surface area contributed by atoms with Crippen molar-refractivity contribution in [1.29, 1.82) is 0 Å². The fourth-order valence-corrected chi connectivity index (χ4v) is 5.99. The maximum absolute atomic E-state index is 12.1. The highest BCUT2D eigenvalue weighted by Gasteiger charge is 2.22. The molecule has 0 radical (unpaired) electrons. The maximum atomic E-state index is 12.1. The number of hydrogen-bond donors (Lipinski definition) is 0. The van der Waals surface area contributed by atoms with Gasteiger partial charge in [-0.25, -0.2) is 9.59 Å². The van der Waals surface area contributed by atoms with Gasteiger partial charge in [-0.05, 0) is 145 Å². The zero-order valence-corrected chi connectivity index (χ0v) is 37.9. The molecule has 0 heterocycles. The molecule has 0 fully saturated rings. The van der Waals surface area contributed by atoms with Gasteiger partial charge in [-0.1, -0.05) is 28.1 Å². The minimum atomic E-state index is -0.425. The lowest BCUT2D eigenvalue weighted by atomic mass is 10.00. The summed E-state index contributed by atoms with van der Waals surface area (Å²) >= 11 is 7.09. The molecule has 12 nitrogen and oxygen atoms in total. The molecule has 0 N–H and O–H groups in total. The van der Waals surface area contributed by atoms with E-state index in [9.17, 15) is 9.59 Å². The Morgan fingerprint density at radius 3 is 1.31 bits per heavy atom. The fourth-order valence-electron chi connectivity index (χ4n) is 5.14. The second-order valence-electron chi connectivity index (χ2n) is 13.5. The highest BCUT2D eigenvalue weighted by atomic mass is 79.9. The van der Waals surface area contributed by atoms with Crippen LogP contribution >= 0.6 is 31.9 Å². The molecular formula is C44H50Br2O12. The molecule has 0 aliphatic rings. The molecule has 0 aliphatic carbocycles. The van der Waals surface area contributed by atoms with Crippen LogP contribution in [0, 0.1) is 13.8 Å². The van der Waals surface area contributed by atoms with E-state index < -0.39 is 5.97 Å². The average Bonchev–Trinajstić information content (AvgIpc) is 3.13. The number of ether oxygens (including phenoxy) is 6. The van der Waals surface area contributed by atoms with Crippen LogP contribution in [0.15, 0.2) is 69.6 Å². The van der Waals surface area contributed by atoms with Crippen LogP contribution in [0.2, 0.25) is 0 Å². The maximum Gasteiger partial charge on any atom is 0.373 e. The van der Waals surface area contributed by atoms with Crippen molar-refractivity contribution in [3.05, 3.63) is 91.9 Å². The molecule has 4 aromatic carbocycles. The van der Waals surface area contributed by atoms with E-state index >= 15 is 0 Å². The topological polar surface area (TPSA) is 158 Å². The van der Waals surface area contributed by atoms with Crippen LogP contribution in [0.3, 0.4) is 0 Å². The molecule has 0 aliphatic heterocycles. The number of esters is 2. The van der Waals surface area contributed by atoms with Gasteiger partial charge in [0.2, 0.25) is 0 Å². The Morgan fingerprint density at radius 2 is 0.879 bits per heavy atom. The predicted molar refractivity (Wildman–Crippen MR) is 224 cm³/mol. The van der Waals surface area contributed by atoms with Crippen LogP contribution in [0.25, 0.3) is 22.3 Å². The van der Waals surface area contributed by atoms with E-state index in [4.69, 9.17) is 47.6 Å². The van der Waals surface area contributed by atoms with Gasteiger partial charge in [0.05, 0.1) is 49.8 Å². The standard InChI is InChI=1S/C21H24Br2O4.C21H26O4.2CO2/c1-11(2)26-19-7-13(5)17(22)8-14(19)15-9-18(23)16(21(24)25-6)10-20(15)27-12(3)4;1-13(2)24-19-11-15(5)7-9-17(19)18-10-8-16(21(22)23-6)12-20(18)25-14(3)4;2*2-1-3/h7-12H,1-6H3;7-14H,1-6H3;;. The number of halogens is 2. The molecule has 0 unspecified atom stereocenters. The van der Waals surface area contributed by atoms with Crippen molar-refractivity contribution in [2.75, 3.05) is 14.2 Å². The summed E-state index contributed by atoms with van der Waals surface area (Å²) in [4.78, 5) is 56.4. The molecule has 0 atom stereocenters.